The first kappa shape index (κ1) is 12.5. The molecule has 5 heteroatoms. The average molecular weight is 277 g/mol. The van der Waals surface area contributed by atoms with Crippen LogP contribution in [0.25, 0.3) is 0 Å². The van der Waals surface area contributed by atoms with E-state index in [1.54, 1.807) is 17.4 Å². The van der Waals surface area contributed by atoms with Crippen molar-refractivity contribution in [2.24, 2.45) is 0 Å². The highest BCUT2D eigenvalue weighted by atomic mass is 32.1. The van der Waals surface area contributed by atoms with Gasteiger partial charge in [-0.1, -0.05) is 36.5 Å². The van der Waals surface area contributed by atoms with E-state index in [1.165, 1.54) is 6.07 Å². The van der Waals surface area contributed by atoms with Crippen LogP contribution >= 0.6 is 11.3 Å². The molecule has 1 aromatic carbocycles. The third kappa shape index (κ3) is 2.61. The summed E-state index contributed by atoms with van der Waals surface area (Å²) in [6, 6.07) is 7.45. The molecule has 1 aliphatic rings. The van der Waals surface area contributed by atoms with E-state index in [-0.39, 0.29) is 5.82 Å². The lowest BCUT2D eigenvalue weighted by Crippen LogP contribution is -2.34. The average Bonchev–Trinajstić information content (AvgIpc) is 2.82. The number of aryl methyl sites for hydroxylation is 1. The van der Waals surface area contributed by atoms with E-state index in [4.69, 9.17) is 0 Å². The van der Waals surface area contributed by atoms with E-state index < -0.39 is 0 Å². The predicted molar refractivity (Wildman–Crippen MR) is 75.1 cm³/mol. The van der Waals surface area contributed by atoms with Crippen molar-refractivity contribution in [2.45, 2.75) is 38.1 Å². The van der Waals surface area contributed by atoms with Crippen molar-refractivity contribution in [3.05, 3.63) is 40.7 Å². The summed E-state index contributed by atoms with van der Waals surface area (Å²) >= 11 is 1.60. The highest BCUT2D eigenvalue weighted by molar-refractivity contribution is 7.15. The number of rotatable bonds is 4. The molecule has 0 bridgehead atoms. The first-order valence-electron chi connectivity index (χ1n) is 6.59. The maximum atomic E-state index is 13.6. The van der Waals surface area contributed by atoms with Crippen LogP contribution in [0.2, 0.25) is 0 Å². The highest BCUT2D eigenvalue weighted by Gasteiger charge is 2.32. The van der Waals surface area contributed by atoms with Crippen LogP contribution in [-0.4, -0.2) is 16.2 Å². The Labute approximate surface area is 115 Å². The van der Waals surface area contributed by atoms with E-state index in [0.717, 1.165) is 35.0 Å². The maximum Gasteiger partial charge on any atom is 0.205 e. The molecule has 1 heterocycles. The van der Waals surface area contributed by atoms with E-state index >= 15 is 0 Å². The van der Waals surface area contributed by atoms with Gasteiger partial charge in [0.05, 0.1) is 0 Å². The molecule has 1 saturated carbocycles. The first-order valence-corrected chi connectivity index (χ1v) is 7.41. The van der Waals surface area contributed by atoms with Gasteiger partial charge in [0.1, 0.15) is 10.8 Å². The summed E-state index contributed by atoms with van der Waals surface area (Å²) in [5, 5.41) is 13.5. The van der Waals surface area contributed by atoms with Crippen LogP contribution in [0, 0.1) is 5.82 Å². The van der Waals surface area contributed by atoms with Gasteiger partial charge < -0.3 is 5.32 Å². The lowest BCUT2D eigenvalue weighted by atomic mass is 9.76. The second kappa shape index (κ2) is 5.25. The molecule has 1 fully saturated rings. The van der Waals surface area contributed by atoms with Crippen LogP contribution in [0.3, 0.4) is 0 Å². The molecule has 0 spiro atoms. The van der Waals surface area contributed by atoms with Gasteiger partial charge in [0, 0.05) is 6.04 Å². The Morgan fingerprint density at radius 1 is 1.32 bits per heavy atom. The van der Waals surface area contributed by atoms with Crippen LogP contribution in [0.4, 0.5) is 9.52 Å². The Morgan fingerprint density at radius 2 is 2.11 bits per heavy atom. The fourth-order valence-corrected chi connectivity index (χ4v) is 3.18. The smallest absolute Gasteiger partial charge is 0.205 e. The second-order valence-electron chi connectivity index (χ2n) is 4.89. The first-order chi connectivity index (χ1) is 9.26. The largest absolute Gasteiger partial charge is 0.357 e. The summed E-state index contributed by atoms with van der Waals surface area (Å²) in [5.74, 6) is 0.243. The number of benzene rings is 1. The molecule has 2 aromatic rings. The van der Waals surface area contributed by atoms with Gasteiger partial charge >= 0.3 is 0 Å². The molecule has 0 unspecified atom stereocenters. The van der Waals surface area contributed by atoms with Crippen LogP contribution in [-0.2, 0) is 6.42 Å². The second-order valence-corrected chi connectivity index (χ2v) is 5.95. The molecule has 3 rings (SSSR count). The lowest BCUT2D eigenvalue weighted by Gasteiger charge is -2.36. The quantitative estimate of drug-likeness (QED) is 0.928. The fraction of sp³-hybridized carbons (Fsp3) is 0.429. The standard InChI is InChI=1S/C14H16FN3S/c1-2-13-17-18-14(19-13)16-10-7-9(8-10)11-5-3-4-6-12(11)15/h3-6,9-10H,2,7-8H2,1H3,(H,16,18). The molecular weight excluding hydrogens is 261 g/mol. The van der Waals surface area contributed by atoms with Gasteiger partial charge in [0.2, 0.25) is 5.13 Å². The highest BCUT2D eigenvalue weighted by Crippen LogP contribution is 2.39. The lowest BCUT2D eigenvalue weighted by molar-refractivity contribution is 0.363. The van der Waals surface area contributed by atoms with Gasteiger partial charge in [-0.25, -0.2) is 4.39 Å². The molecule has 0 saturated heterocycles. The topological polar surface area (TPSA) is 37.8 Å². The summed E-state index contributed by atoms with van der Waals surface area (Å²) in [6.45, 7) is 2.07. The molecule has 0 aliphatic heterocycles. The van der Waals surface area contributed by atoms with Crippen molar-refractivity contribution >= 4 is 16.5 Å². The molecule has 100 valence electrons. The van der Waals surface area contributed by atoms with Crippen molar-refractivity contribution in [3.63, 3.8) is 0 Å². The summed E-state index contributed by atoms with van der Waals surface area (Å²) < 4.78 is 13.6. The number of anilines is 1. The Morgan fingerprint density at radius 3 is 2.79 bits per heavy atom. The predicted octanol–water partition coefficient (Wildman–Crippen LogP) is 3.60. The minimum Gasteiger partial charge on any atom is -0.357 e. The van der Waals surface area contributed by atoms with E-state index in [9.17, 15) is 4.39 Å². The summed E-state index contributed by atoms with van der Waals surface area (Å²) in [6.07, 6.45) is 2.84. The maximum absolute atomic E-state index is 13.6. The van der Waals surface area contributed by atoms with Crippen molar-refractivity contribution < 1.29 is 4.39 Å². The molecule has 0 amide bonds. The van der Waals surface area contributed by atoms with E-state index in [0.29, 0.717) is 12.0 Å². The zero-order valence-corrected chi connectivity index (χ0v) is 11.6. The molecule has 1 aliphatic carbocycles. The van der Waals surface area contributed by atoms with Crippen molar-refractivity contribution in [2.75, 3.05) is 5.32 Å². The Kier molecular flexibility index (Phi) is 3.46. The van der Waals surface area contributed by atoms with Crippen LogP contribution in [0.15, 0.2) is 24.3 Å². The number of hydrogen-bond donors (Lipinski definition) is 1. The van der Waals surface area contributed by atoms with Crippen LogP contribution < -0.4 is 5.32 Å². The molecular formula is C14H16FN3S. The number of halogens is 1. The number of hydrogen-bond acceptors (Lipinski definition) is 4. The third-order valence-corrected chi connectivity index (χ3v) is 4.58. The summed E-state index contributed by atoms with van der Waals surface area (Å²) in [7, 11) is 0. The van der Waals surface area contributed by atoms with Gasteiger partial charge in [0.25, 0.3) is 0 Å². The Balaban J connectivity index is 1.57. The molecule has 1 aromatic heterocycles. The van der Waals surface area contributed by atoms with Crippen molar-refractivity contribution in [3.8, 4) is 0 Å². The third-order valence-electron chi connectivity index (χ3n) is 3.58. The Hall–Kier alpha value is -1.49. The van der Waals surface area contributed by atoms with E-state index in [2.05, 4.69) is 22.4 Å². The zero-order chi connectivity index (χ0) is 13.2. The summed E-state index contributed by atoms with van der Waals surface area (Å²) in [5.41, 5.74) is 0.840. The molecule has 0 atom stereocenters. The number of nitrogens with zero attached hydrogens (tertiary/aromatic N) is 2. The minimum atomic E-state index is -0.0878. The number of nitrogens with one attached hydrogen (secondary N) is 1. The molecule has 3 nitrogen and oxygen atoms in total. The zero-order valence-electron chi connectivity index (χ0n) is 10.8. The van der Waals surface area contributed by atoms with Gasteiger partial charge in [-0.2, -0.15) is 0 Å². The molecule has 19 heavy (non-hydrogen) atoms. The van der Waals surface area contributed by atoms with Crippen molar-refractivity contribution in [1.82, 2.24) is 10.2 Å². The summed E-state index contributed by atoms with van der Waals surface area (Å²) in [4.78, 5) is 0. The van der Waals surface area contributed by atoms with Gasteiger partial charge in [-0.05, 0) is 36.8 Å². The fourth-order valence-electron chi connectivity index (χ4n) is 2.43. The van der Waals surface area contributed by atoms with Crippen LogP contribution in [0.5, 0.6) is 0 Å². The van der Waals surface area contributed by atoms with Gasteiger partial charge in [-0.3, -0.25) is 0 Å². The SMILES string of the molecule is CCc1nnc(NC2CC(c3ccccc3F)C2)s1. The monoisotopic (exact) mass is 277 g/mol. The van der Waals surface area contributed by atoms with Crippen molar-refractivity contribution in [1.29, 1.82) is 0 Å². The molecule has 0 radical (unpaired) electrons. The number of aromatic nitrogens is 2. The van der Waals surface area contributed by atoms with Gasteiger partial charge in [0.15, 0.2) is 0 Å². The minimum absolute atomic E-state index is 0.0878. The Bertz CT molecular complexity index is 563. The molecule has 1 N–H and O–H groups in total. The van der Waals surface area contributed by atoms with E-state index in [1.807, 2.05) is 12.1 Å². The van der Waals surface area contributed by atoms with Gasteiger partial charge in [-0.15, -0.1) is 10.2 Å². The normalized spacial score (nSPS) is 22.0. The van der Waals surface area contributed by atoms with Crippen LogP contribution in [0.1, 0.15) is 36.3 Å².